The number of amides is 3. The number of carbonyl (C=O) groups is 5. The quantitative estimate of drug-likeness (QED) is 0.236. The van der Waals surface area contributed by atoms with E-state index in [1.54, 1.807) is 0 Å². The number of nitrogens with two attached hydrogens (primary N) is 1. The Bertz CT molecular complexity index is 636. The molecule has 0 aromatic rings. The van der Waals surface area contributed by atoms with E-state index in [2.05, 4.69) is 10.6 Å². The highest BCUT2D eigenvalue weighted by Crippen LogP contribution is 2.19. The third-order valence-corrected chi connectivity index (χ3v) is 4.29. The molecule has 3 amide bonds. The van der Waals surface area contributed by atoms with Gasteiger partial charge in [0.05, 0.1) is 18.6 Å². The predicted octanol–water partition coefficient (Wildman–Crippen LogP) is -2.77. The average molecular weight is 402 g/mol. The minimum atomic E-state index is -1.56. The molecule has 28 heavy (non-hydrogen) atoms. The number of carboxylic acids is 2. The maximum Gasteiger partial charge on any atom is 0.326 e. The summed E-state index contributed by atoms with van der Waals surface area (Å²) < 4.78 is 0. The van der Waals surface area contributed by atoms with Crippen molar-refractivity contribution in [1.29, 1.82) is 0 Å². The van der Waals surface area contributed by atoms with Crippen LogP contribution in [-0.2, 0) is 24.0 Å². The fourth-order valence-corrected chi connectivity index (χ4v) is 2.81. The number of nitrogens with one attached hydrogen (secondary N) is 2. The van der Waals surface area contributed by atoms with Crippen molar-refractivity contribution < 1.29 is 39.3 Å². The van der Waals surface area contributed by atoms with Gasteiger partial charge in [0.25, 0.3) is 0 Å². The maximum absolute atomic E-state index is 12.7. The predicted molar refractivity (Wildman–Crippen MR) is 93.8 cm³/mol. The zero-order valence-electron chi connectivity index (χ0n) is 15.6. The second-order valence-electron chi connectivity index (χ2n) is 6.70. The molecule has 0 aliphatic carbocycles. The first-order chi connectivity index (χ1) is 13.0. The van der Waals surface area contributed by atoms with Gasteiger partial charge in [-0.1, -0.05) is 0 Å². The van der Waals surface area contributed by atoms with Crippen molar-refractivity contribution in [2.75, 3.05) is 6.54 Å². The first kappa shape index (κ1) is 23.3. The van der Waals surface area contributed by atoms with Crippen molar-refractivity contribution in [3.63, 3.8) is 0 Å². The summed E-state index contributed by atoms with van der Waals surface area (Å²) in [6.07, 6.45) is -1.50. The van der Waals surface area contributed by atoms with Crippen molar-refractivity contribution in [3.05, 3.63) is 0 Å². The van der Waals surface area contributed by atoms with Crippen LogP contribution in [0.1, 0.15) is 33.1 Å². The first-order valence-corrected chi connectivity index (χ1v) is 8.75. The number of carbonyl (C=O) groups excluding carboxylic acids is 3. The van der Waals surface area contributed by atoms with Crippen LogP contribution in [0.4, 0.5) is 0 Å². The van der Waals surface area contributed by atoms with E-state index in [-0.39, 0.29) is 13.0 Å². The van der Waals surface area contributed by atoms with Crippen molar-refractivity contribution in [2.24, 2.45) is 5.73 Å². The molecule has 5 atom stereocenters. The molecule has 1 aliphatic heterocycles. The monoisotopic (exact) mass is 402 g/mol. The van der Waals surface area contributed by atoms with E-state index in [0.717, 1.165) is 4.90 Å². The Labute approximate surface area is 161 Å². The molecular formula is C16H26N4O8. The smallest absolute Gasteiger partial charge is 0.326 e. The van der Waals surface area contributed by atoms with Crippen LogP contribution in [0.15, 0.2) is 0 Å². The molecular weight excluding hydrogens is 376 g/mol. The molecule has 0 radical (unpaired) electrons. The normalized spacial score (nSPS) is 20.6. The molecule has 0 spiro atoms. The molecule has 0 aromatic carbocycles. The molecule has 0 unspecified atom stereocenters. The van der Waals surface area contributed by atoms with Gasteiger partial charge in [0.15, 0.2) is 0 Å². The Hall–Kier alpha value is -2.73. The maximum atomic E-state index is 12.7. The van der Waals surface area contributed by atoms with Crippen LogP contribution in [0, 0.1) is 0 Å². The van der Waals surface area contributed by atoms with Gasteiger partial charge in [0.1, 0.15) is 18.1 Å². The average Bonchev–Trinajstić information content (AvgIpc) is 3.07. The fourth-order valence-electron chi connectivity index (χ4n) is 2.81. The van der Waals surface area contributed by atoms with E-state index in [1.165, 1.54) is 13.8 Å². The number of hydrogen-bond acceptors (Lipinski definition) is 7. The molecule has 12 nitrogen and oxygen atoms in total. The summed E-state index contributed by atoms with van der Waals surface area (Å²) in [5.74, 6) is -5.19. The summed E-state index contributed by atoms with van der Waals surface area (Å²) in [6.45, 7) is 2.70. The van der Waals surface area contributed by atoms with E-state index in [4.69, 9.17) is 10.8 Å². The van der Waals surface area contributed by atoms with Gasteiger partial charge in [-0.05, 0) is 26.7 Å². The highest BCUT2D eigenvalue weighted by atomic mass is 16.4. The Morgan fingerprint density at radius 3 is 2.18 bits per heavy atom. The number of rotatable bonds is 9. The van der Waals surface area contributed by atoms with E-state index in [1.807, 2.05) is 0 Å². The van der Waals surface area contributed by atoms with Crippen molar-refractivity contribution in [2.45, 2.75) is 63.4 Å². The molecule has 1 heterocycles. The number of nitrogens with zero attached hydrogens (tertiary/aromatic N) is 1. The highest BCUT2D eigenvalue weighted by Gasteiger charge is 2.39. The Balaban J connectivity index is 2.98. The summed E-state index contributed by atoms with van der Waals surface area (Å²) in [4.78, 5) is 60.3. The second-order valence-corrected chi connectivity index (χ2v) is 6.70. The van der Waals surface area contributed by atoms with Gasteiger partial charge < -0.3 is 36.6 Å². The minimum Gasteiger partial charge on any atom is -0.481 e. The molecule has 7 N–H and O–H groups in total. The number of aliphatic hydroxyl groups excluding tert-OH is 1. The highest BCUT2D eigenvalue weighted by molar-refractivity contribution is 5.96. The molecule has 1 fully saturated rings. The Kier molecular flexibility index (Phi) is 8.32. The lowest BCUT2D eigenvalue weighted by molar-refractivity contribution is -0.150. The zero-order valence-corrected chi connectivity index (χ0v) is 15.6. The third kappa shape index (κ3) is 6.16. The standard InChI is InChI=1S/C16H26N4O8/c1-7(17)13(24)19-12(8(2)21)14(25)18-9(6-11(22)23)15(26)20-5-3-4-10(20)16(27)28/h7-10,12,21H,3-6,17H2,1-2H3,(H,18,25)(H,19,24)(H,22,23)(H,27,28)/t7-,8+,9-,10-,12-/m0/s1. The van der Waals surface area contributed by atoms with Gasteiger partial charge in [-0.3, -0.25) is 19.2 Å². The van der Waals surface area contributed by atoms with Crippen LogP contribution < -0.4 is 16.4 Å². The lowest BCUT2D eigenvalue weighted by Crippen LogP contribution is -2.59. The number of aliphatic hydroxyl groups is 1. The summed E-state index contributed by atoms with van der Waals surface area (Å²) in [5, 5.41) is 32.4. The summed E-state index contributed by atoms with van der Waals surface area (Å²) in [5.41, 5.74) is 5.41. The van der Waals surface area contributed by atoms with Crippen molar-refractivity contribution in [3.8, 4) is 0 Å². The van der Waals surface area contributed by atoms with E-state index < -0.39 is 66.4 Å². The van der Waals surface area contributed by atoms with E-state index in [0.29, 0.717) is 6.42 Å². The van der Waals surface area contributed by atoms with Gasteiger partial charge in [-0.25, -0.2) is 4.79 Å². The number of carboxylic acid groups (broad SMARTS) is 2. The molecule has 1 rings (SSSR count). The zero-order chi connectivity index (χ0) is 21.6. The number of hydrogen-bond donors (Lipinski definition) is 6. The number of likely N-dealkylation sites (tertiary alicyclic amines) is 1. The van der Waals surface area contributed by atoms with Crippen LogP contribution in [0.5, 0.6) is 0 Å². The molecule has 1 aliphatic rings. The lowest BCUT2D eigenvalue weighted by Gasteiger charge is -2.28. The van der Waals surface area contributed by atoms with Gasteiger partial charge in [0.2, 0.25) is 17.7 Å². The Morgan fingerprint density at radius 2 is 1.71 bits per heavy atom. The van der Waals surface area contributed by atoms with Crippen LogP contribution in [0.25, 0.3) is 0 Å². The Morgan fingerprint density at radius 1 is 1.11 bits per heavy atom. The first-order valence-electron chi connectivity index (χ1n) is 8.75. The molecule has 0 bridgehead atoms. The summed E-state index contributed by atoms with van der Waals surface area (Å²) in [6, 6.07) is -5.10. The molecule has 1 saturated heterocycles. The molecule has 12 heteroatoms. The topological polar surface area (TPSA) is 199 Å². The fraction of sp³-hybridized carbons (Fsp3) is 0.688. The van der Waals surface area contributed by atoms with Gasteiger partial charge in [-0.2, -0.15) is 0 Å². The summed E-state index contributed by atoms with van der Waals surface area (Å²) in [7, 11) is 0. The SMILES string of the molecule is C[C@H](N)C(=O)N[C@H](C(=O)N[C@@H](CC(=O)O)C(=O)N1CCC[C@H]1C(=O)O)[C@@H](C)O. The van der Waals surface area contributed by atoms with Gasteiger partial charge >= 0.3 is 11.9 Å². The van der Waals surface area contributed by atoms with Gasteiger partial charge in [-0.15, -0.1) is 0 Å². The largest absolute Gasteiger partial charge is 0.481 e. The van der Waals surface area contributed by atoms with Crippen molar-refractivity contribution in [1.82, 2.24) is 15.5 Å². The van der Waals surface area contributed by atoms with E-state index >= 15 is 0 Å². The van der Waals surface area contributed by atoms with E-state index in [9.17, 15) is 34.2 Å². The van der Waals surface area contributed by atoms with Crippen LogP contribution in [0.2, 0.25) is 0 Å². The van der Waals surface area contributed by atoms with Gasteiger partial charge in [0, 0.05) is 6.54 Å². The van der Waals surface area contributed by atoms with Crippen LogP contribution in [0.3, 0.4) is 0 Å². The van der Waals surface area contributed by atoms with Crippen LogP contribution in [-0.4, -0.2) is 86.7 Å². The lowest BCUT2D eigenvalue weighted by atomic mass is 10.1. The number of aliphatic carboxylic acids is 2. The summed E-state index contributed by atoms with van der Waals surface area (Å²) >= 11 is 0. The minimum absolute atomic E-state index is 0.114. The molecule has 0 saturated carbocycles. The second kappa shape index (κ2) is 9.99. The molecule has 0 aromatic heterocycles. The third-order valence-electron chi connectivity index (χ3n) is 4.29. The van der Waals surface area contributed by atoms with Crippen molar-refractivity contribution >= 4 is 29.7 Å². The molecule has 158 valence electrons. The van der Waals surface area contributed by atoms with Crippen LogP contribution >= 0.6 is 0 Å².